The van der Waals surface area contributed by atoms with E-state index in [1.165, 1.54) is 0 Å². The lowest BCUT2D eigenvalue weighted by Gasteiger charge is -2.34. The summed E-state index contributed by atoms with van der Waals surface area (Å²) in [6, 6.07) is 18.3. The molecule has 2 aliphatic heterocycles. The van der Waals surface area contributed by atoms with Gasteiger partial charge in [0, 0.05) is 70.2 Å². The van der Waals surface area contributed by atoms with Gasteiger partial charge < -0.3 is 19.9 Å². The molecule has 0 unspecified atom stereocenters. The molecule has 5 rings (SSSR count). The molecule has 9 heteroatoms. The Hall–Kier alpha value is -3.98. The number of nitrogens with zero attached hydrogens (tertiary/aromatic N) is 5. The lowest BCUT2D eigenvalue weighted by Crippen LogP contribution is -2.49. The quantitative estimate of drug-likeness (QED) is 0.498. The molecule has 0 aliphatic carbocycles. The third-order valence-electron chi connectivity index (χ3n) is 7.63. The molecule has 41 heavy (non-hydrogen) atoms. The van der Waals surface area contributed by atoms with Crippen molar-refractivity contribution in [3.05, 3.63) is 83.7 Å². The second-order valence-electron chi connectivity index (χ2n) is 10.7. The number of hydrogen-bond acceptors (Lipinski definition) is 7. The number of hydrogen-bond donors (Lipinski definition) is 1. The molecular formula is C32H40N6O3. The summed E-state index contributed by atoms with van der Waals surface area (Å²) >= 11 is 0. The van der Waals surface area contributed by atoms with Crippen LogP contribution in [0.25, 0.3) is 0 Å². The maximum atomic E-state index is 13.1. The predicted octanol–water partition coefficient (Wildman–Crippen LogP) is 3.44. The fourth-order valence-corrected chi connectivity index (χ4v) is 5.40. The number of rotatable bonds is 6. The van der Waals surface area contributed by atoms with Crippen LogP contribution in [-0.4, -0.2) is 77.5 Å². The maximum absolute atomic E-state index is 13.1. The summed E-state index contributed by atoms with van der Waals surface area (Å²) in [5, 5.41) is 3.07. The Morgan fingerprint density at radius 3 is 2.49 bits per heavy atom. The minimum absolute atomic E-state index is 0.0447. The fraction of sp³-hybridized carbons (Fsp3) is 0.438. The Morgan fingerprint density at radius 1 is 0.878 bits per heavy atom. The zero-order chi connectivity index (χ0) is 28.3. The van der Waals surface area contributed by atoms with Crippen molar-refractivity contribution in [3.63, 3.8) is 0 Å². The summed E-state index contributed by atoms with van der Waals surface area (Å²) in [6.07, 6.45) is 7.51. The summed E-state index contributed by atoms with van der Waals surface area (Å²) in [7, 11) is 0. The van der Waals surface area contributed by atoms with E-state index >= 15 is 0 Å². The van der Waals surface area contributed by atoms with Crippen LogP contribution in [0.3, 0.4) is 0 Å². The van der Waals surface area contributed by atoms with Gasteiger partial charge in [-0.05, 0) is 48.9 Å². The summed E-state index contributed by atoms with van der Waals surface area (Å²) < 4.78 is 6.23. The van der Waals surface area contributed by atoms with Gasteiger partial charge >= 0.3 is 0 Å². The number of piperazine rings is 1. The largest absolute Gasteiger partial charge is 0.493 e. The highest BCUT2D eigenvalue weighted by Gasteiger charge is 2.22. The molecule has 3 aromatic rings. The number of aromatic nitrogens is 2. The van der Waals surface area contributed by atoms with Gasteiger partial charge in [0.05, 0.1) is 13.2 Å². The van der Waals surface area contributed by atoms with Crippen LogP contribution >= 0.6 is 0 Å². The van der Waals surface area contributed by atoms with E-state index in [1.807, 2.05) is 35.2 Å². The molecule has 2 aliphatic rings. The van der Waals surface area contributed by atoms with E-state index in [4.69, 9.17) is 4.74 Å². The molecule has 1 aromatic heterocycles. The number of fused-ring (bicyclic) bond motifs is 1. The Labute approximate surface area is 242 Å². The maximum Gasteiger partial charge on any atom is 0.234 e. The van der Waals surface area contributed by atoms with Gasteiger partial charge in [-0.1, -0.05) is 42.5 Å². The van der Waals surface area contributed by atoms with Crippen molar-refractivity contribution in [2.45, 2.75) is 45.2 Å². The molecule has 0 atom stereocenters. The van der Waals surface area contributed by atoms with Crippen LogP contribution in [-0.2, 0) is 29.1 Å². The number of carbonyl (C=O) groups excluding carboxylic acids is 2. The van der Waals surface area contributed by atoms with E-state index < -0.39 is 0 Å². The second-order valence-corrected chi connectivity index (χ2v) is 10.7. The number of anilines is 1. The minimum Gasteiger partial charge on any atom is -0.493 e. The number of benzene rings is 2. The van der Waals surface area contributed by atoms with Gasteiger partial charge in [0.15, 0.2) is 0 Å². The molecule has 9 nitrogen and oxygen atoms in total. The van der Waals surface area contributed by atoms with Crippen molar-refractivity contribution in [2.75, 3.05) is 50.8 Å². The minimum atomic E-state index is 0.0447. The van der Waals surface area contributed by atoms with Crippen LogP contribution < -0.4 is 15.0 Å². The number of ether oxygens (including phenoxy) is 1. The van der Waals surface area contributed by atoms with Gasteiger partial charge in [0.1, 0.15) is 5.75 Å². The lowest BCUT2D eigenvalue weighted by atomic mass is 10.0. The van der Waals surface area contributed by atoms with E-state index in [0.29, 0.717) is 58.7 Å². The molecule has 1 N–H and O–H groups in total. The third-order valence-corrected chi connectivity index (χ3v) is 7.63. The van der Waals surface area contributed by atoms with Crippen LogP contribution in [0.2, 0.25) is 0 Å². The standard InChI is InChI=1S/C32H40N6O3/c39-30-25-36(23-27-8-3-1-4-9-27)24-28-22-26(10-12-29(28)41-21-6-2-5-14-33-30)11-13-31(40)37-17-19-38(20-18-37)32-34-15-7-16-35-32/h1,3-4,7-10,12,15-16,22H,2,5-6,11,13-14,17-21,23-25H2,(H,33,39). The molecule has 0 spiro atoms. The van der Waals surface area contributed by atoms with Crippen molar-refractivity contribution in [1.29, 1.82) is 0 Å². The van der Waals surface area contributed by atoms with E-state index in [-0.39, 0.29) is 11.8 Å². The van der Waals surface area contributed by atoms with Gasteiger partial charge in [0.25, 0.3) is 0 Å². The average molecular weight is 557 g/mol. The van der Waals surface area contributed by atoms with Crippen molar-refractivity contribution in [2.24, 2.45) is 0 Å². The zero-order valence-electron chi connectivity index (χ0n) is 23.7. The predicted molar refractivity (Wildman–Crippen MR) is 158 cm³/mol. The fourth-order valence-electron chi connectivity index (χ4n) is 5.40. The molecular weight excluding hydrogens is 516 g/mol. The molecule has 0 saturated carbocycles. The normalized spacial score (nSPS) is 17.3. The summed E-state index contributed by atoms with van der Waals surface area (Å²) in [5.74, 6) is 1.79. The van der Waals surface area contributed by atoms with Gasteiger partial charge in [-0.3, -0.25) is 14.5 Å². The summed E-state index contributed by atoms with van der Waals surface area (Å²) in [4.78, 5) is 40.7. The Morgan fingerprint density at radius 2 is 1.68 bits per heavy atom. The monoisotopic (exact) mass is 556 g/mol. The third kappa shape index (κ3) is 8.50. The first-order valence-electron chi connectivity index (χ1n) is 14.7. The highest BCUT2D eigenvalue weighted by Crippen LogP contribution is 2.25. The first kappa shape index (κ1) is 28.5. The van der Waals surface area contributed by atoms with Crippen molar-refractivity contribution < 1.29 is 14.3 Å². The van der Waals surface area contributed by atoms with Crippen LogP contribution in [0.15, 0.2) is 67.0 Å². The van der Waals surface area contributed by atoms with Gasteiger partial charge in [-0.2, -0.15) is 0 Å². The zero-order valence-corrected chi connectivity index (χ0v) is 23.7. The van der Waals surface area contributed by atoms with Crippen LogP contribution in [0.4, 0.5) is 5.95 Å². The van der Waals surface area contributed by atoms with Crippen molar-refractivity contribution in [3.8, 4) is 5.75 Å². The van der Waals surface area contributed by atoms with E-state index in [2.05, 4.69) is 49.4 Å². The highest BCUT2D eigenvalue weighted by atomic mass is 16.5. The molecule has 2 amide bonds. The van der Waals surface area contributed by atoms with E-state index in [0.717, 1.165) is 60.7 Å². The first-order chi connectivity index (χ1) is 20.1. The topological polar surface area (TPSA) is 90.9 Å². The van der Waals surface area contributed by atoms with E-state index in [1.54, 1.807) is 12.4 Å². The molecule has 2 aromatic carbocycles. The van der Waals surface area contributed by atoms with Crippen LogP contribution in [0.5, 0.6) is 5.75 Å². The molecule has 1 fully saturated rings. The number of aryl methyl sites for hydroxylation is 1. The Balaban J connectivity index is 1.24. The van der Waals surface area contributed by atoms with Crippen LogP contribution in [0, 0.1) is 0 Å². The SMILES string of the molecule is O=C1CN(Cc2ccccc2)Cc2cc(CCC(=O)N3CCN(c4ncccn4)CC3)ccc2OCCCCCN1. The molecule has 0 radical (unpaired) electrons. The number of nitrogens with one attached hydrogen (secondary N) is 1. The Bertz CT molecular complexity index is 1260. The van der Waals surface area contributed by atoms with Gasteiger partial charge in [-0.15, -0.1) is 0 Å². The van der Waals surface area contributed by atoms with E-state index in [9.17, 15) is 9.59 Å². The Kier molecular flexibility index (Phi) is 10.2. The summed E-state index contributed by atoms with van der Waals surface area (Å²) in [6.45, 7) is 5.72. The smallest absolute Gasteiger partial charge is 0.234 e. The second kappa shape index (κ2) is 14.6. The molecule has 3 heterocycles. The molecule has 1 saturated heterocycles. The van der Waals surface area contributed by atoms with Gasteiger partial charge in [0.2, 0.25) is 17.8 Å². The van der Waals surface area contributed by atoms with Crippen LogP contribution in [0.1, 0.15) is 42.4 Å². The number of amides is 2. The van der Waals surface area contributed by atoms with Crippen molar-refractivity contribution in [1.82, 2.24) is 25.1 Å². The molecule has 216 valence electrons. The highest BCUT2D eigenvalue weighted by molar-refractivity contribution is 5.78. The summed E-state index contributed by atoms with van der Waals surface area (Å²) in [5.41, 5.74) is 3.31. The number of carbonyl (C=O) groups is 2. The molecule has 0 bridgehead atoms. The average Bonchev–Trinajstić information content (AvgIpc) is 3.02. The van der Waals surface area contributed by atoms with Gasteiger partial charge in [-0.25, -0.2) is 9.97 Å². The van der Waals surface area contributed by atoms with Crippen molar-refractivity contribution >= 4 is 17.8 Å². The first-order valence-corrected chi connectivity index (χ1v) is 14.7. The lowest BCUT2D eigenvalue weighted by molar-refractivity contribution is -0.131.